The predicted octanol–water partition coefficient (Wildman–Crippen LogP) is 3.71. The standard InChI is InChI=1S/C23H23N5O/c1-16(17-9-3-2-4-10-17)25-23(29)18(15-24)21-22(28-13-7-8-14-28)27-20-12-6-5-11-19(20)26-21/h2-6,9-12,16,18H,7-8,13-14H2,1H3,(H,25,29)/t16-,18+/m1/s1. The molecule has 0 unspecified atom stereocenters. The molecule has 1 fully saturated rings. The Kier molecular flexibility index (Phi) is 5.39. The molecule has 1 N–H and O–H groups in total. The van der Waals surface area contributed by atoms with Gasteiger partial charge in [-0.2, -0.15) is 5.26 Å². The third-order valence-corrected chi connectivity index (χ3v) is 5.31. The molecule has 0 saturated carbocycles. The molecule has 29 heavy (non-hydrogen) atoms. The van der Waals surface area contributed by atoms with Crippen LogP contribution in [0.4, 0.5) is 5.82 Å². The van der Waals surface area contributed by atoms with Crippen LogP contribution in [0.15, 0.2) is 54.6 Å². The van der Waals surface area contributed by atoms with Gasteiger partial charge in [0, 0.05) is 13.1 Å². The maximum Gasteiger partial charge on any atom is 0.244 e. The molecular formula is C23H23N5O. The lowest BCUT2D eigenvalue weighted by Crippen LogP contribution is -2.33. The number of hydrogen-bond acceptors (Lipinski definition) is 5. The van der Waals surface area contributed by atoms with Crippen molar-refractivity contribution in [2.75, 3.05) is 18.0 Å². The lowest BCUT2D eigenvalue weighted by molar-refractivity contribution is -0.122. The first-order valence-electron chi connectivity index (χ1n) is 9.94. The van der Waals surface area contributed by atoms with E-state index < -0.39 is 5.92 Å². The van der Waals surface area contributed by atoms with Crippen LogP contribution >= 0.6 is 0 Å². The van der Waals surface area contributed by atoms with Crippen LogP contribution in [0.5, 0.6) is 0 Å². The molecule has 1 amide bonds. The fourth-order valence-corrected chi connectivity index (χ4v) is 3.73. The van der Waals surface area contributed by atoms with Crippen LogP contribution < -0.4 is 10.2 Å². The second kappa shape index (κ2) is 8.27. The number of carbonyl (C=O) groups is 1. The number of anilines is 1. The number of fused-ring (bicyclic) bond motifs is 1. The summed E-state index contributed by atoms with van der Waals surface area (Å²) in [5.74, 6) is -0.724. The molecule has 4 rings (SSSR count). The summed E-state index contributed by atoms with van der Waals surface area (Å²) in [6, 6.07) is 19.2. The average molecular weight is 385 g/mol. The molecule has 6 nitrogen and oxygen atoms in total. The second-order valence-electron chi connectivity index (χ2n) is 7.32. The quantitative estimate of drug-likeness (QED) is 0.724. The molecule has 1 aliphatic rings. The third-order valence-electron chi connectivity index (χ3n) is 5.31. The minimum absolute atomic E-state index is 0.205. The van der Waals surface area contributed by atoms with Crippen LogP contribution in [0.2, 0.25) is 0 Å². The number of benzene rings is 2. The van der Waals surface area contributed by atoms with Crippen molar-refractivity contribution >= 4 is 22.8 Å². The lowest BCUT2D eigenvalue weighted by Gasteiger charge is -2.23. The van der Waals surface area contributed by atoms with E-state index in [4.69, 9.17) is 9.97 Å². The largest absolute Gasteiger partial charge is 0.355 e. The maximum atomic E-state index is 13.0. The first kappa shape index (κ1) is 18.9. The zero-order valence-electron chi connectivity index (χ0n) is 16.4. The lowest BCUT2D eigenvalue weighted by atomic mass is 10.0. The van der Waals surface area contributed by atoms with E-state index in [1.807, 2.05) is 61.5 Å². The molecule has 2 heterocycles. The van der Waals surface area contributed by atoms with Gasteiger partial charge in [-0.15, -0.1) is 0 Å². The summed E-state index contributed by atoms with van der Waals surface area (Å²) in [6.07, 6.45) is 2.14. The number of nitrogens with zero attached hydrogens (tertiary/aromatic N) is 4. The van der Waals surface area contributed by atoms with Crippen LogP contribution in [-0.2, 0) is 4.79 Å². The Morgan fingerprint density at radius 1 is 1.03 bits per heavy atom. The van der Waals surface area contributed by atoms with Crippen LogP contribution in [0.1, 0.15) is 43.0 Å². The van der Waals surface area contributed by atoms with Crippen LogP contribution in [0.25, 0.3) is 11.0 Å². The molecule has 0 radical (unpaired) electrons. The summed E-state index contributed by atoms with van der Waals surface area (Å²) in [4.78, 5) is 24.7. The minimum atomic E-state index is -1.02. The van der Waals surface area contributed by atoms with Gasteiger partial charge in [-0.25, -0.2) is 9.97 Å². The summed E-state index contributed by atoms with van der Waals surface area (Å²) in [5.41, 5.74) is 2.88. The van der Waals surface area contributed by atoms with E-state index in [2.05, 4.69) is 16.3 Å². The topological polar surface area (TPSA) is 81.9 Å². The molecule has 1 aliphatic heterocycles. The first-order valence-corrected chi connectivity index (χ1v) is 9.94. The second-order valence-corrected chi connectivity index (χ2v) is 7.32. The van der Waals surface area contributed by atoms with Crippen molar-refractivity contribution in [3.05, 3.63) is 65.9 Å². The van der Waals surface area contributed by atoms with E-state index in [0.29, 0.717) is 17.0 Å². The van der Waals surface area contributed by atoms with Crippen molar-refractivity contribution in [1.82, 2.24) is 15.3 Å². The van der Waals surface area contributed by atoms with Gasteiger partial charge in [0.05, 0.1) is 23.1 Å². The third kappa shape index (κ3) is 3.90. The van der Waals surface area contributed by atoms with E-state index in [1.54, 1.807) is 0 Å². The number of nitriles is 1. The number of aromatic nitrogens is 2. The van der Waals surface area contributed by atoms with Gasteiger partial charge in [-0.1, -0.05) is 42.5 Å². The number of carbonyl (C=O) groups excluding carboxylic acids is 1. The Morgan fingerprint density at radius 3 is 2.31 bits per heavy atom. The van der Waals surface area contributed by atoms with Crippen LogP contribution in [0, 0.1) is 11.3 Å². The summed E-state index contributed by atoms with van der Waals surface area (Å²) >= 11 is 0. The minimum Gasteiger partial charge on any atom is -0.355 e. The van der Waals surface area contributed by atoms with Crippen LogP contribution in [-0.4, -0.2) is 29.0 Å². The highest BCUT2D eigenvalue weighted by molar-refractivity contribution is 5.89. The van der Waals surface area contributed by atoms with Crippen LogP contribution in [0.3, 0.4) is 0 Å². The molecule has 3 aromatic rings. The summed E-state index contributed by atoms with van der Waals surface area (Å²) in [7, 11) is 0. The average Bonchev–Trinajstić information content (AvgIpc) is 3.29. The van der Waals surface area contributed by atoms with Crippen molar-refractivity contribution < 1.29 is 4.79 Å². The van der Waals surface area contributed by atoms with E-state index in [1.165, 1.54) is 0 Å². The summed E-state index contributed by atoms with van der Waals surface area (Å²) in [5, 5.41) is 12.8. The molecule has 1 saturated heterocycles. The van der Waals surface area contributed by atoms with E-state index in [0.717, 1.165) is 37.0 Å². The zero-order valence-corrected chi connectivity index (χ0v) is 16.4. The molecule has 0 aliphatic carbocycles. The van der Waals surface area contributed by atoms with Gasteiger partial charge >= 0.3 is 0 Å². The smallest absolute Gasteiger partial charge is 0.244 e. The number of hydrogen-bond donors (Lipinski definition) is 1. The van der Waals surface area contributed by atoms with Gasteiger partial charge in [0.25, 0.3) is 0 Å². The molecule has 1 aromatic heterocycles. The highest BCUT2D eigenvalue weighted by atomic mass is 16.1. The Bertz CT molecular complexity index is 1050. The van der Waals surface area contributed by atoms with Crippen molar-refractivity contribution in [3.8, 4) is 6.07 Å². The van der Waals surface area contributed by atoms with Gasteiger partial charge in [-0.05, 0) is 37.5 Å². The Morgan fingerprint density at radius 2 is 1.66 bits per heavy atom. The number of rotatable bonds is 5. The van der Waals surface area contributed by atoms with Crippen molar-refractivity contribution in [2.45, 2.75) is 31.7 Å². The van der Waals surface area contributed by atoms with Gasteiger partial charge in [0.2, 0.25) is 5.91 Å². The van der Waals surface area contributed by atoms with Crippen molar-refractivity contribution in [2.24, 2.45) is 0 Å². The fourth-order valence-electron chi connectivity index (χ4n) is 3.73. The Hall–Kier alpha value is -3.46. The number of nitrogens with one attached hydrogen (secondary N) is 1. The maximum absolute atomic E-state index is 13.0. The van der Waals surface area contributed by atoms with Gasteiger partial charge in [-0.3, -0.25) is 4.79 Å². The van der Waals surface area contributed by atoms with Gasteiger partial charge < -0.3 is 10.2 Å². The highest BCUT2D eigenvalue weighted by Crippen LogP contribution is 2.30. The number of amides is 1. The normalized spacial score (nSPS) is 15.7. The molecule has 6 heteroatoms. The SMILES string of the molecule is C[C@@H](NC(=O)[C@@H](C#N)c1nc2ccccc2nc1N1CCCC1)c1ccccc1. The van der Waals surface area contributed by atoms with Gasteiger partial charge in [0.15, 0.2) is 11.7 Å². The van der Waals surface area contributed by atoms with Crippen molar-refractivity contribution in [3.63, 3.8) is 0 Å². The molecular weight excluding hydrogens is 362 g/mol. The Labute approximate surface area is 170 Å². The summed E-state index contributed by atoms with van der Waals surface area (Å²) in [6.45, 7) is 3.63. The van der Waals surface area contributed by atoms with Gasteiger partial charge in [0.1, 0.15) is 5.69 Å². The van der Waals surface area contributed by atoms with E-state index in [-0.39, 0.29) is 11.9 Å². The molecule has 0 bridgehead atoms. The monoisotopic (exact) mass is 385 g/mol. The van der Waals surface area contributed by atoms with E-state index in [9.17, 15) is 10.1 Å². The molecule has 2 atom stereocenters. The fraction of sp³-hybridized carbons (Fsp3) is 0.304. The summed E-state index contributed by atoms with van der Waals surface area (Å²) < 4.78 is 0. The Balaban J connectivity index is 1.69. The van der Waals surface area contributed by atoms with E-state index >= 15 is 0 Å². The predicted molar refractivity (Wildman–Crippen MR) is 112 cm³/mol. The van der Waals surface area contributed by atoms with Crippen molar-refractivity contribution in [1.29, 1.82) is 5.26 Å². The molecule has 146 valence electrons. The molecule has 2 aromatic carbocycles. The highest BCUT2D eigenvalue weighted by Gasteiger charge is 2.30. The zero-order chi connectivity index (χ0) is 20.2. The molecule has 0 spiro atoms. The number of para-hydroxylation sites is 2. The first-order chi connectivity index (χ1) is 14.2.